The fourth-order valence-corrected chi connectivity index (χ4v) is 5.41. The molecule has 3 aromatic rings. The second-order valence-corrected chi connectivity index (χ2v) is 11.1. The molecule has 1 unspecified atom stereocenters. The van der Waals surface area contributed by atoms with E-state index in [2.05, 4.69) is 46.8 Å². The Hall–Kier alpha value is -3.40. The summed E-state index contributed by atoms with van der Waals surface area (Å²) in [5.41, 5.74) is 6.94. The summed E-state index contributed by atoms with van der Waals surface area (Å²) in [7, 11) is 0. The molecular weight excluding hydrogens is 434 g/mol. The lowest BCUT2D eigenvalue weighted by Gasteiger charge is -2.43. The molecule has 0 heterocycles. The quantitative estimate of drug-likeness (QED) is 0.430. The van der Waals surface area contributed by atoms with E-state index >= 15 is 0 Å². The van der Waals surface area contributed by atoms with Gasteiger partial charge in [0.2, 0.25) is 5.91 Å². The number of carboxylic acid groups (broad SMARTS) is 1. The molecule has 3 aromatic carbocycles. The van der Waals surface area contributed by atoms with E-state index in [4.69, 9.17) is 0 Å². The molecule has 0 saturated heterocycles. The Labute approximate surface area is 208 Å². The van der Waals surface area contributed by atoms with Gasteiger partial charge in [-0.25, -0.2) is 4.79 Å². The smallest absolute Gasteiger partial charge is 0.335 e. The Morgan fingerprint density at radius 3 is 1.91 bits per heavy atom. The van der Waals surface area contributed by atoms with Gasteiger partial charge < -0.3 is 10.0 Å². The van der Waals surface area contributed by atoms with Gasteiger partial charge in [0.05, 0.1) is 11.6 Å². The maximum atomic E-state index is 13.2. The normalized spacial score (nSPS) is 16.7. The monoisotopic (exact) mass is 469 g/mol. The van der Waals surface area contributed by atoms with E-state index in [0.717, 1.165) is 35.2 Å². The van der Waals surface area contributed by atoms with Crippen molar-refractivity contribution in [3.63, 3.8) is 0 Å². The molecule has 0 aromatic heterocycles. The topological polar surface area (TPSA) is 57.6 Å². The molecule has 0 fully saturated rings. The number of benzene rings is 3. The van der Waals surface area contributed by atoms with Crippen LogP contribution in [-0.4, -0.2) is 17.0 Å². The molecule has 1 aliphatic carbocycles. The molecule has 0 saturated carbocycles. The van der Waals surface area contributed by atoms with Gasteiger partial charge in [-0.15, -0.1) is 0 Å². The Kier molecular flexibility index (Phi) is 6.35. The van der Waals surface area contributed by atoms with E-state index in [1.807, 2.05) is 47.4 Å². The summed E-state index contributed by atoms with van der Waals surface area (Å²) in [5.74, 6) is -1.03. The average Bonchev–Trinajstić information content (AvgIpc) is 2.81. The molecule has 0 aliphatic heterocycles. The first kappa shape index (κ1) is 24.7. The van der Waals surface area contributed by atoms with E-state index in [-0.39, 0.29) is 28.3 Å². The number of para-hydroxylation sites is 1. The molecule has 4 heteroatoms. The molecule has 4 nitrogen and oxygen atoms in total. The van der Waals surface area contributed by atoms with Gasteiger partial charge in [0.25, 0.3) is 0 Å². The zero-order valence-corrected chi connectivity index (χ0v) is 21.6. The zero-order valence-electron chi connectivity index (χ0n) is 21.6. The highest BCUT2D eigenvalue weighted by molar-refractivity contribution is 5.93. The number of hydrogen-bond acceptors (Lipinski definition) is 2. The molecule has 0 spiro atoms. The number of anilines is 1. The number of carbonyl (C=O) groups excluding carboxylic acids is 1. The SMILES string of the molecule is CC(=O)N(c1ccccc1)C(c1ccc(C(=O)O)cc1)c1cc2c(cc1C)C(C)(C)CCC2(C)C. The predicted molar refractivity (Wildman–Crippen MR) is 141 cm³/mol. The van der Waals surface area contributed by atoms with E-state index in [0.29, 0.717) is 0 Å². The number of rotatable bonds is 5. The molecule has 0 bridgehead atoms. The molecule has 0 radical (unpaired) electrons. The number of aromatic carboxylic acids is 1. The summed E-state index contributed by atoms with van der Waals surface area (Å²) in [6, 6.07) is 20.8. The first-order valence-electron chi connectivity index (χ1n) is 12.3. The fraction of sp³-hybridized carbons (Fsp3) is 0.355. The van der Waals surface area contributed by atoms with Crippen molar-refractivity contribution in [1.29, 1.82) is 0 Å². The summed E-state index contributed by atoms with van der Waals surface area (Å²) in [6.45, 7) is 12.9. The molecule has 35 heavy (non-hydrogen) atoms. The minimum Gasteiger partial charge on any atom is -0.478 e. The van der Waals surface area contributed by atoms with E-state index in [1.54, 1.807) is 19.1 Å². The zero-order chi connectivity index (χ0) is 25.5. The van der Waals surface area contributed by atoms with E-state index in [1.165, 1.54) is 11.1 Å². The molecule has 4 rings (SSSR count). The summed E-state index contributed by atoms with van der Waals surface area (Å²) >= 11 is 0. The van der Waals surface area contributed by atoms with Crippen LogP contribution < -0.4 is 4.90 Å². The average molecular weight is 470 g/mol. The second kappa shape index (κ2) is 8.99. The molecule has 182 valence electrons. The molecular formula is C31H35NO3. The summed E-state index contributed by atoms with van der Waals surface area (Å²) in [6.07, 6.45) is 2.23. The van der Waals surface area contributed by atoms with Crippen molar-refractivity contribution in [2.24, 2.45) is 0 Å². The Bertz CT molecular complexity index is 1260. The maximum Gasteiger partial charge on any atom is 0.335 e. The van der Waals surface area contributed by atoms with E-state index in [9.17, 15) is 14.7 Å². The van der Waals surface area contributed by atoms with Crippen LogP contribution in [0.2, 0.25) is 0 Å². The number of carbonyl (C=O) groups is 2. The molecule has 1 atom stereocenters. The van der Waals surface area contributed by atoms with Crippen LogP contribution in [0.3, 0.4) is 0 Å². The summed E-state index contributed by atoms with van der Waals surface area (Å²) in [5, 5.41) is 9.43. The lowest BCUT2D eigenvalue weighted by atomic mass is 9.62. The summed E-state index contributed by atoms with van der Waals surface area (Å²) in [4.78, 5) is 26.5. The molecule has 1 amide bonds. The number of fused-ring (bicyclic) bond motifs is 1. The second-order valence-electron chi connectivity index (χ2n) is 11.1. The number of aryl methyl sites for hydroxylation is 1. The Morgan fingerprint density at radius 2 is 1.40 bits per heavy atom. The minimum atomic E-state index is -0.964. The van der Waals surface area contributed by atoms with Crippen molar-refractivity contribution in [1.82, 2.24) is 0 Å². The Morgan fingerprint density at radius 1 is 0.857 bits per heavy atom. The van der Waals surface area contributed by atoms with Gasteiger partial charge in [-0.3, -0.25) is 4.79 Å². The van der Waals surface area contributed by atoms with Crippen molar-refractivity contribution in [3.05, 3.63) is 100 Å². The summed E-state index contributed by atoms with van der Waals surface area (Å²) < 4.78 is 0. The van der Waals surface area contributed by atoms with Gasteiger partial charge in [0.15, 0.2) is 0 Å². The van der Waals surface area contributed by atoms with Gasteiger partial charge in [0, 0.05) is 12.6 Å². The van der Waals surface area contributed by atoms with Crippen LogP contribution in [0.4, 0.5) is 5.69 Å². The van der Waals surface area contributed by atoms with Crippen LogP contribution in [-0.2, 0) is 15.6 Å². The number of carboxylic acids is 1. The fourth-order valence-electron chi connectivity index (χ4n) is 5.41. The van der Waals surface area contributed by atoms with Crippen molar-refractivity contribution >= 4 is 17.6 Å². The lowest BCUT2D eigenvalue weighted by molar-refractivity contribution is -0.116. The highest BCUT2D eigenvalue weighted by Gasteiger charge is 2.39. The van der Waals surface area contributed by atoms with Crippen LogP contribution in [0, 0.1) is 6.92 Å². The van der Waals surface area contributed by atoms with Crippen molar-refractivity contribution < 1.29 is 14.7 Å². The standard InChI is InChI=1S/C31H35NO3/c1-20-18-26-27(31(5,6)17-16-30(26,3)4)19-25(20)28(22-12-14-23(15-13-22)29(34)35)32(21(2)33)24-10-8-7-9-11-24/h7-15,18-19,28H,16-17H2,1-6H3,(H,34,35). The van der Waals surface area contributed by atoms with Gasteiger partial charge in [-0.05, 0) is 82.7 Å². The van der Waals surface area contributed by atoms with E-state index < -0.39 is 5.97 Å². The highest BCUT2D eigenvalue weighted by atomic mass is 16.4. The molecule has 1 aliphatic rings. The van der Waals surface area contributed by atoms with Crippen LogP contribution in [0.1, 0.15) is 91.7 Å². The third-order valence-corrected chi connectivity index (χ3v) is 7.64. The minimum absolute atomic E-state index is 0.0266. The highest BCUT2D eigenvalue weighted by Crippen LogP contribution is 2.48. The van der Waals surface area contributed by atoms with Gasteiger partial charge in [0.1, 0.15) is 0 Å². The van der Waals surface area contributed by atoms with Gasteiger partial charge in [-0.1, -0.05) is 70.2 Å². The number of nitrogens with zero attached hydrogens (tertiary/aromatic N) is 1. The maximum absolute atomic E-state index is 13.2. The van der Waals surface area contributed by atoms with Crippen molar-refractivity contribution in [2.75, 3.05) is 4.90 Å². The van der Waals surface area contributed by atoms with Crippen LogP contribution >= 0.6 is 0 Å². The first-order chi connectivity index (χ1) is 16.4. The van der Waals surface area contributed by atoms with Gasteiger partial charge in [-0.2, -0.15) is 0 Å². The third-order valence-electron chi connectivity index (χ3n) is 7.64. The van der Waals surface area contributed by atoms with Gasteiger partial charge >= 0.3 is 5.97 Å². The van der Waals surface area contributed by atoms with Crippen molar-refractivity contribution in [3.8, 4) is 0 Å². The largest absolute Gasteiger partial charge is 0.478 e. The first-order valence-corrected chi connectivity index (χ1v) is 12.3. The van der Waals surface area contributed by atoms with Crippen LogP contribution in [0.5, 0.6) is 0 Å². The van der Waals surface area contributed by atoms with Crippen molar-refractivity contribution in [2.45, 2.75) is 71.3 Å². The third kappa shape index (κ3) is 4.62. The predicted octanol–water partition coefficient (Wildman–Crippen LogP) is 7.18. The Balaban J connectivity index is 1.99. The number of amides is 1. The molecule has 1 N–H and O–H groups in total. The van der Waals surface area contributed by atoms with Crippen LogP contribution in [0.15, 0.2) is 66.7 Å². The lowest BCUT2D eigenvalue weighted by Crippen LogP contribution is -2.37. The number of hydrogen-bond donors (Lipinski definition) is 1. The van der Waals surface area contributed by atoms with Crippen LogP contribution in [0.25, 0.3) is 0 Å².